The third-order valence-electron chi connectivity index (χ3n) is 4.52. The van der Waals surface area contributed by atoms with Gasteiger partial charge in [0, 0.05) is 26.2 Å². The maximum Gasteiger partial charge on any atom is 0.286 e. The van der Waals surface area contributed by atoms with Crippen molar-refractivity contribution in [3.63, 3.8) is 0 Å². The minimum absolute atomic E-state index is 0.170. The summed E-state index contributed by atoms with van der Waals surface area (Å²) in [5, 5.41) is 1.28. The number of carbonyl (C=O) groups is 1. The van der Waals surface area contributed by atoms with E-state index in [2.05, 4.69) is 19.8 Å². The topological polar surface area (TPSA) is 48.8 Å². The number of thioether (sulfide) groups is 1. The van der Waals surface area contributed by atoms with Crippen molar-refractivity contribution in [2.45, 2.75) is 0 Å². The van der Waals surface area contributed by atoms with E-state index in [1.165, 1.54) is 11.8 Å². The van der Waals surface area contributed by atoms with Gasteiger partial charge in [-0.3, -0.25) is 4.79 Å². The number of hydrogen-bond donors (Lipinski definition) is 0. The van der Waals surface area contributed by atoms with E-state index in [9.17, 15) is 4.79 Å². The fourth-order valence-corrected chi connectivity index (χ4v) is 4.13. The molecular weight excluding hydrogens is 392 g/mol. The van der Waals surface area contributed by atoms with Crippen molar-refractivity contribution in [3.05, 3.63) is 76.3 Å². The van der Waals surface area contributed by atoms with Crippen LogP contribution in [-0.4, -0.2) is 47.1 Å². The zero-order valence-corrected chi connectivity index (χ0v) is 16.7. The molecule has 1 amide bonds. The number of hydrogen-bond acceptors (Lipinski definition) is 5. The van der Waals surface area contributed by atoms with Gasteiger partial charge in [0.15, 0.2) is 5.17 Å². The summed E-state index contributed by atoms with van der Waals surface area (Å²) in [5.41, 5.74) is 1.10. The first-order chi connectivity index (χ1) is 13.7. The number of amidine groups is 1. The summed E-state index contributed by atoms with van der Waals surface area (Å²) in [6.07, 6.45) is 5.72. The fourth-order valence-electron chi connectivity index (χ4n) is 3.06. The van der Waals surface area contributed by atoms with Crippen LogP contribution >= 0.6 is 23.4 Å². The second kappa shape index (κ2) is 8.63. The smallest absolute Gasteiger partial charge is 0.286 e. The van der Waals surface area contributed by atoms with E-state index in [1.54, 1.807) is 6.07 Å². The Bertz CT molecular complexity index is 950. The third-order valence-corrected chi connectivity index (χ3v) is 5.79. The van der Waals surface area contributed by atoms with Crippen LogP contribution in [0.25, 0.3) is 6.08 Å². The van der Waals surface area contributed by atoms with E-state index in [0.717, 1.165) is 42.7 Å². The number of allylic oxidation sites excluding steroid dienone is 2. The fraction of sp³-hybridized carbons (Fsp3) is 0.190. The molecule has 7 heteroatoms. The first-order valence-electron chi connectivity index (χ1n) is 9.06. The summed E-state index contributed by atoms with van der Waals surface area (Å²) < 4.78 is 0. The molecule has 0 bridgehead atoms. The van der Waals surface area contributed by atoms with Gasteiger partial charge in [0.05, 0.1) is 4.91 Å². The average Bonchev–Trinajstić information content (AvgIpc) is 3.10. The van der Waals surface area contributed by atoms with E-state index in [4.69, 9.17) is 11.6 Å². The van der Waals surface area contributed by atoms with Crippen LogP contribution in [-0.2, 0) is 4.79 Å². The van der Waals surface area contributed by atoms with Crippen LogP contribution in [0.1, 0.15) is 5.56 Å². The number of aliphatic imine (C=N–C) groups is 1. The molecule has 0 saturated carbocycles. The van der Waals surface area contributed by atoms with Crippen molar-refractivity contribution in [1.29, 1.82) is 0 Å². The lowest BCUT2D eigenvalue weighted by Gasteiger charge is -2.35. The second-order valence-corrected chi connectivity index (χ2v) is 7.79. The molecular formula is C21H19ClN4OS. The summed E-state index contributed by atoms with van der Waals surface area (Å²) in [4.78, 5) is 25.8. The Morgan fingerprint density at radius 2 is 1.71 bits per heavy atom. The Labute approximate surface area is 173 Å². The first kappa shape index (κ1) is 18.8. The van der Waals surface area contributed by atoms with Gasteiger partial charge < -0.3 is 9.80 Å². The lowest BCUT2D eigenvalue weighted by atomic mass is 10.2. The number of rotatable bonds is 3. The molecule has 5 nitrogen and oxygen atoms in total. The number of carbonyl (C=O) groups excluding carboxylic acids is 1. The van der Waals surface area contributed by atoms with Gasteiger partial charge in [-0.1, -0.05) is 60.2 Å². The molecule has 0 radical (unpaired) electrons. The van der Waals surface area contributed by atoms with E-state index >= 15 is 0 Å². The monoisotopic (exact) mass is 410 g/mol. The average molecular weight is 411 g/mol. The predicted octanol–water partition coefficient (Wildman–Crippen LogP) is 4.08. The lowest BCUT2D eigenvalue weighted by molar-refractivity contribution is -0.113. The molecule has 28 heavy (non-hydrogen) atoms. The number of anilines is 1. The zero-order valence-electron chi connectivity index (χ0n) is 15.2. The van der Waals surface area contributed by atoms with Crippen LogP contribution in [0.3, 0.4) is 0 Å². The van der Waals surface area contributed by atoms with Gasteiger partial charge in [-0.05, 0) is 35.5 Å². The molecule has 4 rings (SSSR count). The van der Waals surface area contributed by atoms with E-state index < -0.39 is 0 Å². The number of pyridine rings is 1. The molecule has 0 unspecified atom stereocenters. The largest absolute Gasteiger partial charge is 0.353 e. The summed E-state index contributed by atoms with van der Waals surface area (Å²) in [6, 6.07) is 15.7. The second-order valence-electron chi connectivity index (χ2n) is 6.39. The Hall–Kier alpha value is -2.57. The van der Waals surface area contributed by atoms with Gasteiger partial charge in [-0.2, -0.15) is 4.99 Å². The quantitative estimate of drug-likeness (QED) is 0.563. The maximum absolute atomic E-state index is 12.2. The molecule has 0 spiro atoms. The third kappa shape index (κ3) is 4.46. The van der Waals surface area contributed by atoms with Crippen LogP contribution in [0.4, 0.5) is 5.82 Å². The Morgan fingerprint density at radius 3 is 2.46 bits per heavy atom. The number of benzene rings is 1. The molecule has 0 aliphatic carbocycles. The van der Waals surface area contributed by atoms with Gasteiger partial charge in [0.1, 0.15) is 11.0 Å². The SMILES string of the molecule is O=C1N=C(N2CCN(c3cccc(Cl)n3)CC2)SC1=CC=Cc1ccccc1. The molecule has 1 aromatic heterocycles. The highest BCUT2D eigenvalue weighted by molar-refractivity contribution is 8.18. The van der Waals surface area contributed by atoms with Crippen LogP contribution in [0.5, 0.6) is 0 Å². The molecule has 3 heterocycles. The van der Waals surface area contributed by atoms with Gasteiger partial charge in [0.2, 0.25) is 0 Å². The van der Waals surface area contributed by atoms with E-state index in [1.807, 2.05) is 60.7 Å². The highest BCUT2D eigenvalue weighted by atomic mass is 35.5. The molecule has 142 valence electrons. The van der Waals surface area contributed by atoms with E-state index in [0.29, 0.717) is 10.1 Å². The standard InChI is InChI=1S/C21H19ClN4OS/c22-18-10-5-11-19(23-18)25-12-14-26(15-13-25)21-24-20(27)17(28-21)9-4-8-16-6-2-1-3-7-16/h1-11H,12-15H2. The van der Waals surface area contributed by atoms with Crippen molar-refractivity contribution in [3.8, 4) is 0 Å². The zero-order chi connectivity index (χ0) is 19.3. The number of nitrogens with zero attached hydrogens (tertiary/aromatic N) is 4. The number of aromatic nitrogens is 1. The summed E-state index contributed by atoms with van der Waals surface area (Å²) in [6.45, 7) is 3.21. The van der Waals surface area contributed by atoms with Crippen molar-refractivity contribution in [1.82, 2.24) is 9.88 Å². The Morgan fingerprint density at radius 1 is 0.964 bits per heavy atom. The van der Waals surface area contributed by atoms with Crippen molar-refractivity contribution in [2.75, 3.05) is 31.1 Å². The molecule has 1 saturated heterocycles. The van der Waals surface area contributed by atoms with Crippen LogP contribution in [0.15, 0.2) is 70.6 Å². The van der Waals surface area contributed by atoms with Gasteiger partial charge in [-0.25, -0.2) is 4.98 Å². The summed E-state index contributed by atoms with van der Waals surface area (Å²) in [7, 11) is 0. The molecule has 2 aliphatic rings. The van der Waals surface area contributed by atoms with Crippen molar-refractivity contribution in [2.24, 2.45) is 4.99 Å². The Kier molecular flexibility index (Phi) is 5.78. The van der Waals surface area contributed by atoms with Gasteiger partial charge in [0.25, 0.3) is 5.91 Å². The highest BCUT2D eigenvalue weighted by Crippen LogP contribution is 2.29. The molecule has 2 aliphatic heterocycles. The number of piperazine rings is 1. The minimum atomic E-state index is -0.170. The predicted molar refractivity (Wildman–Crippen MR) is 117 cm³/mol. The Balaban J connectivity index is 1.35. The summed E-state index contributed by atoms with van der Waals surface area (Å²) in [5.74, 6) is 0.715. The molecule has 1 fully saturated rings. The van der Waals surface area contributed by atoms with Crippen LogP contribution < -0.4 is 4.90 Å². The van der Waals surface area contributed by atoms with E-state index in [-0.39, 0.29) is 5.91 Å². The van der Waals surface area contributed by atoms with Gasteiger partial charge in [-0.15, -0.1) is 0 Å². The minimum Gasteiger partial charge on any atom is -0.353 e. The van der Waals surface area contributed by atoms with Crippen LogP contribution in [0, 0.1) is 0 Å². The molecule has 1 aromatic carbocycles. The van der Waals surface area contributed by atoms with Crippen molar-refractivity contribution >= 4 is 46.3 Å². The van der Waals surface area contributed by atoms with Crippen molar-refractivity contribution < 1.29 is 4.79 Å². The number of halogens is 1. The maximum atomic E-state index is 12.2. The molecule has 0 atom stereocenters. The van der Waals surface area contributed by atoms with Gasteiger partial charge >= 0.3 is 0 Å². The normalized spacial score (nSPS) is 19.0. The first-order valence-corrected chi connectivity index (χ1v) is 10.3. The highest BCUT2D eigenvalue weighted by Gasteiger charge is 2.28. The van der Waals surface area contributed by atoms with Crippen LogP contribution in [0.2, 0.25) is 5.15 Å². The number of amides is 1. The lowest BCUT2D eigenvalue weighted by Crippen LogP contribution is -2.48. The molecule has 0 N–H and O–H groups in total. The summed E-state index contributed by atoms with van der Waals surface area (Å²) >= 11 is 7.43. The molecule has 2 aromatic rings.